The molecule has 0 aromatic heterocycles. The topological polar surface area (TPSA) is 63.7 Å². The van der Waals surface area contributed by atoms with Gasteiger partial charge in [-0.3, -0.25) is 0 Å². The number of hydrogen-bond acceptors (Lipinski definition) is 4. The average molecular weight is 255 g/mol. The normalized spacial score (nSPS) is 26.1. The Morgan fingerprint density at radius 2 is 1.88 bits per heavy atom. The lowest BCUT2D eigenvalue weighted by Gasteiger charge is -2.43. The van der Waals surface area contributed by atoms with Crippen LogP contribution in [0, 0.1) is 0 Å². The van der Waals surface area contributed by atoms with Gasteiger partial charge in [-0.2, -0.15) is 4.31 Å². The van der Waals surface area contributed by atoms with E-state index >= 15 is 0 Å². The van der Waals surface area contributed by atoms with Gasteiger partial charge in [0.25, 0.3) is 0 Å². The quantitative estimate of drug-likeness (QED) is 0.763. The number of carbonyl (C=O) groups is 1. The summed E-state index contributed by atoms with van der Waals surface area (Å²) in [4.78, 5) is 11.3. The van der Waals surface area contributed by atoms with Gasteiger partial charge in [0.15, 0.2) is 0 Å². The van der Waals surface area contributed by atoms with Gasteiger partial charge < -0.3 is 4.74 Å². The van der Waals surface area contributed by atoms with Crippen molar-refractivity contribution in [1.29, 1.82) is 0 Å². The molecule has 6 heteroatoms. The zero-order chi connectivity index (χ0) is 12.6. The van der Waals surface area contributed by atoms with Gasteiger partial charge in [0, 0.05) is 0 Å². The Hall–Kier alpha value is -1.56. The van der Waals surface area contributed by atoms with Crippen LogP contribution in [0.2, 0.25) is 0 Å². The number of rotatable bonds is 1. The van der Waals surface area contributed by atoms with E-state index in [0.717, 1.165) is 4.31 Å². The molecule has 92 valence electrons. The molecule has 17 heavy (non-hydrogen) atoms. The van der Waals surface area contributed by atoms with Crippen LogP contribution in [0.25, 0.3) is 0 Å². The van der Waals surface area contributed by atoms with E-state index < -0.39 is 27.4 Å². The third kappa shape index (κ3) is 1.68. The highest BCUT2D eigenvalue weighted by Crippen LogP contribution is 2.42. The molecule has 2 rings (SSSR count). The zero-order valence-electron chi connectivity index (χ0n) is 9.53. The van der Waals surface area contributed by atoms with Gasteiger partial charge in [0.05, 0.1) is 13.2 Å². The largest absolute Gasteiger partial charge is 0.452 e. The molecule has 0 saturated carbocycles. The minimum absolute atomic E-state index is 0.408. The van der Waals surface area contributed by atoms with Crippen LogP contribution >= 0.6 is 0 Å². The monoisotopic (exact) mass is 255 g/mol. The zero-order valence-corrected chi connectivity index (χ0v) is 10.3. The first-order valence-electron chi connectivity index (χ1n) is 5.16. The Bertz CT molecular complexity index is 526. The summed E-state index contributed by atoms with van der Waals surface area (Å²) in [6.45, 7) is 1.69. The van der Waals surface area contributed by atoms with Gasteiger partial charge in [0.1, 0.15) is 5.25 Å². The van der Waals surface area contributed by atoms with E-state index in [4.69, 9.17) is 0 Å². The first-order valence-corrected chi connectivity index (χ1v) is 6.66. The lowest BCUT2D eigenvalue weighted by molar-refractivity contribution is 0.129. The van der Waals surface area contributed by atoms with Crippen LogP contribution in [0.1, 0.15) is 17.7 Å². The molecular weight excluding hydrogens is 242 g/mol. The second-order valence-corrected chi connectivity index (χ2v) is 5.81. The van der Waals surface area contributed by atoms with E-state index in [0.29, 0.717) is 5.56 Å². The van der Waals surface area contributed by atoms with E-state index in [9.17, 15) is 13.2 Å². The molecule has 1 saturated heterocycles. The summed E-state index contributed by atoms with van der Waals surface area (Å²) < 4.78 is 29.2. The summed E-state index contributed by atoms with van der Waals surface area (Å²) in [5, 5.41) is -0.664. The van der Waals surface area contributed by atoms with Crippen molar-refractivity contribution in [2.45, 2.75) is 18.2 Å². The number of methoxy groups -OCH3 is 1. The van der Waals surface area contributed by atoms with E-state index in [1.54, 1.807) is 31.2 Å². The molecule has 0 bridgehead atoms. The van der Waals surface area contributed by atoms with Crippen molar-refractivity contribution in [3.05, 3.63) is 35.9 Å². The lowest BCUT2D eigenvalue weighted by Crippen LogP contribution is -2.59. The molecule has 1 fully saturated rings. The molecule has 5 nitrogen and oxygen atoms in total. The summed E-state index contributed by atoms with van der Waals surface area (Å²) in [6, 6.07) is 8.45. The Morgan fingerprint density at radius 1 is 1.29 bits per heavy atom. The van der Waals surface area contributed by atoms with Crippen LogP contribution in [-0.2, 0) is 14.8 Å². The predicted molar refractivity (Wildman–Crippen MR) is 61.8 cm³/mol. The first-order chi connectivity index (χ1) is 8.00. The number of amides is 1. The number of carbonyl (C=O) groups excluding carboxylic acids is 1. The van der Waals surface area contributed by atoms with Gasteiger partial charge in [-0.1, -0.05) is 30.3 Å². The van der Waals surface area contributed by atoms with Gasteiger partial charge in [0.2, 0.25) is 10.0 Å². The number of hydrogen-bond donors (Lipinski definition) is 0. The van der Waals surface area contributed by atoms with Crippen LogP contribution < -0.4 is 0 Å². The van der Waals surface area contributed by atoms with Crippen LogP contribution in [0.4, 0.5) is 4.79 Å². The third-order valence-corrected chi connectivity index (χ3v) is 5.22. The van der Waals surface area contributed by atoms with Gasteiger partial charge in [-0.15, -0.1) is 0 Å². The lowest BCUT2D eigenvalue weighted by atomic mass is 10.1. The maximum atomic E-state index is 12.0. The Balaban J connectivity index is 2.34. The van der Waals surface area contributed by atoms with E-state index in [-0.39, 0.29) is 0 Å². The Morgan fingerprint density at radius 3 is 2.35 bits per heavy atom. The van der Waals surface area contributed by atoms with Crippen LogP contribution in [-0.4, -0.2) is 32.0 Å². The molecule has 0 N–H and O–H groups in total. The third-order valence-electron chi connectivity index (χ3n) is 2.89. The molecule has 1 aromatic rings. The maximum absolute atomic E-state index is 12.0. The second-order valence-electron chi connectivity index (χ2n) is 3.88. The van der Waals surface area contributed by atoms with E-state index in [1.165, 1.54) is 7.11 Å². The summed E-state index contributed by atoms with van der Waals surface area (Å²) in [5.41, 5.74) is 0.695. The minimum atomic E-state index is -3.62. The summed E-state index contributed by atoms with van der Waals surface area (Å²) in [5.74, 6) is 0. The molecule has 1 heterocycles. The predicted octanol–water partition coefficient (Wildman–Crippen LogP) is 1.53. The SMILES string of the molecule is COC(=O)N1[C@@H](C)[C@@H](c2ccccc2)S1(=O)=O. The smallest absolute Gasteiger partial charge is 0.423 e. The molecule has 1 amide bonds. The Labute approximate surface area is 100 Å². The van der Waals surface area contributed by atoms with Gasteiger partial charge in [-0.05, 0) is 12.5 Å². The highest BCUT2D eigenvalue weighted by atomic mass is 32.2. The molecule has 1 aliphatic rings. The number of benzene rings is 1. The average Bonchev–Trinajstić information content (AvgIpc) is 2.29. The van der Waals surface area contributed by atoms with Crippen molar-refractivity contribution >= 4 is 16.1 Å². The summed E-state index contributed by atoms with van der Waals surface area (Å²) in [7, 11) is -2.45. The molecule has 0 aliphatic carbocycles. The van der Waals surface area contributed by atoms with Crippen LogP contribution in [0.5, 0.6) is 0 Å². The second kappa shape index (κ2) is 4.03. The molecule has 1 aliphatic heterocycles. The fourth-order valence-corrected chi connectivity index (χ4v) is 4.16. The standard InChI is InChI=1S/C11H13NO4S/c1-8-10(9-6-4-3-5-7-9)17(14,15)12(8)11(13)16-2/h3-8,10H,1-2H3/t8-,10-/m0/s1. The van der Waals surface area contributed by atoms with Crippen LogP contribution in [0.15, 0.2) is 30.3 Å². The van der Waals surface area contributed by atoms with Gasteiger partial charge in [-0.25, -0.2) is 13.2 Å². The van der Waals surface area contributed by atoms with Crippen molar-refractivity contribution in [1.82, 2.24) is 4.31 Å². The van der Waals surface area contributed by atoms with Crippen molar-refractivity contribution in [3.8, 4) is 0 Å². The number of nitrogens with zero attached hydrogens (tertiary/aromatic N) is 1. The maximum Gasteiger partial charge on any atom is 0.423 e. The van der Waals surface area contributed by atoms with E-state index in [2.05, 4.69) is 4.74 Å². The van der Waals surface area contributed by atoms with E-state index in [1.807, 2.05) is 6.07 Å². The van der Waals surface area contributed by atoms with Crippen molar-refractivity contribution in [3.63, 3.8) is 0 Å². The molecule has 0 spiro atoms. The highest BCUT2D eigenvalue weighted by molar-refractivity contribution is 7.91. The molecule has 0 unspecified atom stereocenters. The van der Waals surface area contributed by atoms with Crippen LogP contribution in [0.3, 0.4) is 0 Å². The van der Waals surface area contributed by atoms with Crippen molar-refractivity contribution in [2.24, 2.45) is 0 Å². The number of sulfonamides is 1. The fourth-order valence-electron chi connectivity index (χ4n) is 2.12. The van der Waals surface area contributed by atoms with Gasteiger partial charge >= 0.3 is 6.09 Å². The highest BCUT2D eigenvalue weighted by Gasteiger charge is 2.55. The first kappa shape index (κ1) is 11.9. The fraction of sp³-hybridized carbons (Fsp3) is 0.364. The molecule has 2 atom stereocenters. The molecule has 1 aromatic carbocycles. The van der Waals surface area contributed by atoms with Crippen molar-refractivity contribution in [2.75, 3.05) is 7.11 Å². The molecule has 0 radical (unpaired) electrons. The number of ether oxygens (including phenoxy) is 1. The minimum Gasteiger partial charge on any atom is -0.452 e. The Kier molecular flexibility index (Phi) is 2.82. The summed E-state index contributed by atoms with van der Waals surface area (Å²) >= 11 is 0. The molecular formula is C11H13NO4S. The summed E-state index contributed by atoms with van der Waals surface area (Å²) in [6.07, 6.45) is -0.829. The van der Waals surface area contributed by atoms with Crippen molar-refractivity contribution < 1.29 is 17.9 Å².